The molecule has 0 bridgehead atoms. The highest BCUT2D eigenvalue weighted by molar-refractivity contribution is 6.99. The number of hydrogen-bond acceptors (Lipinski definition) is 5. The van der Waals surface area contributed by atoms with Crippen molar-refractivity contribution in [2.24, 2.45) is 0 Å². The molecular formula is C30H38O5Si. The van der Waals surface area contributed by atoms with Crippen molar-refractivity contribution in [3.8, 4) is 0 Å². The van der Waals surface area contributed by atoms with Gasteiger partial charge in [-0.25, -0.2) is 4.79 Å². The zero-order valence-corrected chi connectivity index (χ0v) is 23.2. The Morgan fingerprint density at radius 2 is 1.61 bits per heavy atom. The van der Waals surface area contributed by atoms with Gasteiger partial charge in [0.15, 0.2) is 5.79 Å². The van der Waals surface area contributed by atoms with Crippen LogP contribution in [-0.4, -0.2) is 45.0 Å². The van der Waals surface area contributed by atoms with Crippen LogP contribution in [0.1, 0.15) is 48.0 Å². The van der Waals surface area contributed by atoms with E-state index in [2.05, 4.69) is 75.9 Å². The standard InChI is InChI=1S/C30H38O5Si/c1-8-32-26(31)20-22-19-25(28-27(21(22)2)33-30(6,7)34-28)35-36(29(3,4)5,23-15-11-9-12-16-23)24-17-13-10-14-18-24/h9-18,20,25,27-28H,2,8,19H2,1,3-7H3. The summed E-state index contributed by atoms with van der Waals surface area (Å²) in [4.78, 5) is 12.4. The fourth-order valence-corrected chi connectivity index (χ4v) is 10.2. The van der Waals surface area contributed by atoms with Crippen LogP contribution in [-0.2, 0) is 23.4 Å². The van der Waals surface area contributed by atoms with E-state index in [1.807, 2.05) is 26.0 Å². The molecule has 1 saturated carbocycles. The Balaban J connectivity index is 1.85. The quantitative estimate of drug-likeness (QED) is 0.317. The van der Waals surface area contributed by atoms with Gasteiger partial charge in [0, 0.05) is 12.5 Å². The molecule has 0 radical (unpaired) electrons. The van der Waals surface area contributed by atoms with Crippen molar-refractivity contribution in [1.82, 2.24) is 0 Å². The minimum Gasteiger partial charge on any atom is -0.463 e. The summed E-state index contributed by atoms with van der Waals surface area (Å²) in [5.41, 5.74) is 1.54. The second kappa shape index (κ2) is 10.1. The molecule has 1 heterocycles. The molecule has 2 fully saturated rings. The lowest BCUT2D eigenvalue weighted by Gasteiger charge is -2.47. The molecule has 0 spiro atoms. The van der Waals surface area contributed by atoms with Crippen LogP contribution in [0.2, 0.25) is 5.04 Å². The van der Waals surface area contributed by atoms with E-state index in [4.69, 9.17) is 18.6 Å². The molecule has 2 aliphatic rings. The molecule has 3 unspecified atom stereocenters. The molecule has 5 nitrogen and oxygen atoms in total. The topological polar surface area (TPSA) is 54.0 Å². The van der Waals surface area contributed by atoms with Gasteiger partial charge >= 0.3 is 5.97 Å². The fraction of sp³-hybridized carbons (Fsp3) is 0.433. The summed E-state index contributed by atoms with van der Waals surface area (Å²) in [5, 5.41) is 2.19. The molecule has 2 aromatic carbocycles. The summed E-state index contributed by atoms with van der Waals surface area (Å²) in [7, 11) is -2.86. The van der Waals surface area contributed by atoms with E-state index in [9.17, 15) is 4.79 Å². The minimum absolute atomic E-state index is 0.195. The third kappa shape index (κ3) is 5.00. The van der Waals surface area contributed by atoms with E-state index < -0.39 is 20.2 Å². The number of carbonyl (C=O) groups excluding carboxylic acids is 1. The summed E-state index contributed by atoms with van der Waals surface area (Å²) < 4.78 is 25.4. The molecule has 192 valence electrons. The Morgan fingerprint density at radius 1 is 1.06 bits per heavy atom. The Bertz CT molecular complexity index is 1080. The van der Waals surface area contributed by atoms with Gasteiger partial charge < -0.3 is 18.6 Å². The van der Waals surface area contributed by atoms with Crippen molar-refractivity contribution in [1.29, 1.82) is 0 Å². The van der Waals surface area contributed by atoms with Crippen molar-refractivity contribution in [3.63, 3.8) is 0 Å². The van der Waals surface area contributed by atoms with Crippen molar-refractivity contribution in [3.05, 3.63) is 84.5 Å². The van der Waals surface area contributed by atoms with Crippen LogP contribution in [0.5, 0.6) is 0 Å². The van der Waals surface area contributed by atoms with E-state index >= 15 is 0 Å². The SMILES string of the molecule is C=C1C(=CC(=O)OCC)CC(O[Si](c2ccccc2)(c2ccccc2)C(C)(C)C)C2OC(C)(C)OC12. The van der Waals surface area contributed by atoms with Crippen LogP contribution in [0.25, 0.3) is 0 Å². The Hall–Kier alpha value is -2.51. The minimum atomic E-state index is -2.86. The molecule has 0 N–H and O–H groups in total. The van der Waals surface area contributed by atoms with Gasteiger partial charge in [0.2, 0.25) is 0 Å². The molecule has 0 aromatic heterocycles. The average Bonchev–Trinajstić information content (AvgIpc) is 3.16. The fourth-order valence-electron chi connectivity index (χ4n) is 5.48. The van der Waals surface area contributed by atoms with Gasteiger partial charge in [-0.15, -0.1) is 0 Å². The summed E-state index contributed by atoms with van der Waals surface area (Å²) in [6.45, 7) is 17.0. The number of rotatable bonds is 6. The van der Waals surface area contributed by atoms with Crippen molar-refractivity contribution in [2.45, 2.75) is 77.1 Å². The zero-order valence-electron chi connectivity index (χ0n) is 22.2. The third-order valence-corrected chi connectivity index (χ3v) is 12.1. The van der Waals surface area contributed by atoms with Gasteiger partial charge in [-0.05, 0) is 47.3 Å². The average molecular weight is 507 g/mol. The first kappa shape index (κ1) is 26.5. The summed E-state index contributed by atoms with van der Waals surface area (Å²) in [6, 6.07) is 21.1. The first-order valence-electron chi connectivity index (χ1n) is 12.7. The van der Waals surface area contributed by atoms with Gasteiger partial charge in [-0.2, -0.15) is 0 Å². The van der Waals surface area contributed by atoms with Gasteiger partial charge in [-0.3, -0.25) is 0 Å². The van der Waals surface area contributed by atoms with Crippen LogP contribution in [0.15, 0.2) is 84.5 Å². The number of ether oxygens (including phenoxy) is 3. The highest BCUT2D eigenvalue weighted by Crippen LogP contribution is 2.46. The number of carbonyl (C=O) groups is 1. The van der Waals surface area contributed by atoms with Crippen molar-refractivity contribution in [2.75, 3.05) is 6.61 Å². The van der Waals surface area contributed by atoms with E-state index in [1.165, 1.54) is 10.4 Å². The molecule has 1 aliphatic carbocycles. The summed E-state index contributed by atoms with van der Waals surface area (Å²) in [6.07, 6.45) is 0.946. The molecular weight excluding hydrogens is 468 g/mol. The van der Waals surface area contributed by atoms with Crippen LogP contribution in [0.4, 0.5) is 0 Å². The maximum atomic E-state index is 12.4. The number of fused-ring (bicyclic) bond motifs is 1. The van der Waals surface area contributed by atoms with Crippen LogP contribution in [0, 0.1) is 0 Å². The predicted molar refractivity (Wildman–Crippen MR) is 145 cm³/mol. The van der Waals surface area contributed by atoms with E-state index in [0.29, 0.717) is 13.0 Å². The molecule has 3 atom stereocenters. The van der Waals surface area contributed by atoms with Crippen LogP contribution in [0.3, 0.4) is 0 Å². The van der Waals surface area contributed by atoms with Gasteiger partial charge in [-0.1, -0.05) is 88.0 Å². The highest BCUT2D eigenvalue weighted by Gasteiger charge is 2.56. The largest absolute Gasteiger partial charge is 0.463 e. The van der Waals surface area contributed by atoms with E-state index in [0.717, 1.165) is 11.1 Å². The Labute approximate surface area is 216 Å². The molecule has 4 rings (SSSR count). The molecule has 6 heteroatoms. The Kier molecular flexibility index (Phi) is 7.44. The normalized spacial score (nSPS) is 25.0. The lowest BCUT2D eigenvalue weighted by Crippen LogP contribution is -2.69. The molecule has 0 amide bonds. The second-order valence-corrected chi connectivity index (χ2v) is 15.2. The number of benzene rings is 2. The van der Waals surface area contributed by atoms with Crippen molar-refractivity contribution >= 4 is 24.7 Å². The van der Waals surface area contributed by atoms with Gasteiger partial charge in [0.25, 0.3) is 8.32 Å². The molecule has 1 aliphatic heterocycles. The lowest BCUT2D eigenvalue weighted by atomic mass is 9.84. The summed E-state index contributed by atoms with van der Waals surface area (Å²) in [5.74, 6) is -1.17. The number of hydrogen-bond donors (Lipinski definition) is 0. The zero-order chi connectivity index (χ0) is 26.1. The van der Waals surface area contributed by atoms with E-state index in [1.54, 1.807) is 13.0 Å². The van der Waals surface area contributed by atoms with Crippen LogP contribution >= 0.6 is 0 Å². The Morgan fingerprint density at radius 3 is 2.11 bits per heavy atom. The third-order valence-electron chi connectivity index (χ3n) is 7.00. The molecule has 1 saturated heterocycles. The monoisotopic (exact) mass is 506 g/mol. The van der Waals surface area contributed by atoms with Crippen LogP contribution < -0.4 is 10.4 Å². The molecule has 36 heavy (non-hydrogen) atoms. The maximum absolute atomic E-state index is 12.4. The first-order valence-corrected chi connectivity index (χ1v) is 14.6. The smallest absolute Gasteiger partial charge is 0.331 e. The van der Waals surface area contributed by atoms with Gasteiger partial charge in [0.1, 0.15) is 12.2 Å². The predicted octanol–water partition coefficient (Wildman–Crippen LogP) is 4.90. The van der Waals surface area contributed by atoms with Gasteiger partial charge in [0.05, 0.1) is 12.7 Å². The lowest BCUT2D eigenvalue weighted by molar-refractivity contribution is -0.151. The van der Waals surface area contributed by atoms with E-state index in [-0.39, 0.29) is 23.2 Å². The maximum Gasteiger partial charge on any atom is 0.331 e. The molecule has 2 aromatic rings. The number of esters is 1. The van der Waals surface area contributed by atoms with Crippen molar-refractivity contribution < 1.29 is 23.4 Å². The highest BCUT2D eigenvalue weighted by atomic mass is 28.4. The summed E-state index contributed by atoms with van der Waals surface area (Å²) >= 11 is 0. The second-order valence-electron chi connectivity index (χ2n) is 11.0. The first-order chi connectivity index (χ1) is 17.0.